The number of thioether (sulfide) groups is 1. The van der Waals surface area contributed by atoms with Crippen LogP contribution in [-0.4, -0.2) is 25.3 Å². The van der Waals surface area contributed by atoms with Crippen LogP contribution < -0.4 is 10.6 Å². The molecule has 0 saturated heterocycles. The summed E-state index contributed by atoms with van der Waals surface area (Å²) in [7, 11) is 0. The molecule has 0 aromatic heterocycles. The predicted octanol–water partition coefficient (Wildman–Crippen LogP) is 1.78. The molecule has 0 radical (unpaired) electrons. The van der Waals surface area contributed by atoms with Crippen molar-refractivity contribution in [3.05, 3.63) is 24.3 Å². The zero-order valence-corrected chi connectivity index (χ0v) is 8.90. The van der Waals surface area contributed by atoms with Crippen LogP contribution in [0.3, 0.4) is 0 Å². The first-order valence-electron chi connectivity index (χ1n) is 4.58. The van der Waals surface area contributed by atoms with Gasteiger partial charge in [-0.2, -0.15) is 0 Å². The molecule has 1 aromatic rings. The number of guanidine groups is 1. The lowest BCUT2D eigenvalue weighted by atomic mass is 10.3. The topological polar surface area (TPSA) is 36.4 Å². The van der Waals surface area contributed by atoms with E-state index in [1.54, 1.807) is 11.8 Å². The van der Waals surface area contributed by atoms with Gasteiger partial charge in [-0.15, -0.1) is 11.8 Å². The molecule has 2 N–H and O–H groups in total. The zero-order valence-electron chi connectivity index (χ0n) is 8.08. The number of anilines is 1. The number of nitrogens with zero attached hydrogens (tertiary/aromatic N) is 1. The molecule has 1 aliphatic heterocycles. The third kappa shape index (κ3) is 2.20. The minimum absolute atomic E-state index is 0.866. The Bertz CT molecular complexity index is 349. The Balaban J connectivity index is 2.08. The maximum absolute atomic E-state index is 4.27. The van der Waals surface area contributed by atoms with Crippen molar-refractivity contribution in [3.63, 3.8) is 0 Å². The third-order valence-electron chi connectivity index (χ3n) is 2.01. The van der Waals surface area contributed by atoms with Gasteiger partial charge in [-0.05, 0) is 24.5 Å². The van der Waals surface area contributed by atoms with E-state index in [0.717, 1.165) is 24.7 Å². The van der Waals surface area contributed by atoms with Crippen LogP contribution >= 0.6 is 11.8 Å². The van der Waals surface area contributed by atoms with Crippen LogP contribution in [0.5, 0.6) is 0 Å². The molecule has 0 amide bonds. The highest BCUT2D eigenvalue weighted by atomic mass is 32.2. The monoisotopic (exact) mass is 207 g/mol. The summed E-state index contributed by atoms with van der Waals surface area (Å²) >= 11 is 1.74. The molecule has 0 saturated carbocycles. The Hall–Kier alpha value is -1.16. The van der Waals surface area contributed by atoms with Gasteiger partial charge < -0.3 is 10.6 Å². The minimum Gasteiger partial charge on any atom is -0.354 e. The molecule has 2 rings (SSSR count). The van der Waals surface area contributed by atoms with Crippen LogP contribution in [0.2, 0.25) is 0 Å². The summed E-state index contributed by atoms with van der Waals surface area (Å²) in [5, 5.41) is 6.42. The first-order valence-corrected chi connectivity index (χ1v) is 5.80. The largest absolute Gasteiger partial charge is 0.354 e. The van der Waals surface area contributed by atoms with E-state index in [9.17, 15) is 0 Å². The Morgan fingerprint density at radius 3 is 3.14 bits per heavy atom. The van der Waals surface area contributed by atoms with Crippen molar-refractivity contribution in [1.29, 1.82) is 0 Å². The van der Waals surface area contributed by atoms with Gasteiger partial charge in [0, 0.05) is 17.1 Å². The molecule has 0 spiro atoms. The highest BCUT2D eigenvalue weighted by Crippen LogP contribution is 2.18. The lowest BCUT2D eigenvalue weighted by Crippen LogP contribution is -2.26. The molecule has 0 aliphatic carbocycles. The first kappa shape index (κ1) is 9.40. The fraction of sp³-hybridized carbons (Fsp3) is 0.300. The van der Waals surface area contributed by atoms with Gasteiger partial charge >= 0.3 is 0 Å². The van der Waals surface area contributed by atoms with E-state index in [0.29, 0.717) is 0 Å². The highest BCUT2D eigenvalue weighted by molar-refractivity contribution is 7.98. The van der Waals surface area contributed by atoms with Gasteiger partial charge in [0.2, 0.25) is 0 Å². The van der Waals surface area contributed by atoms with E-state index in [1.807, 2.05) is 12.1 Å². The Morgan fingerprint density at radius 2 is 2.43 bits per heavy atom. The molecule has 3 nitrogen and oxygen atoms in total. The number of hydrogen-bond donors (Lipinski definition) is 2. The molecule has 0 atom stereocenters. The number of benzene rings is 1. The van der Waals surface area contributed by atoms with Gasteiger partial charge in [0.15, 0.2) is 5.96 Å². The van der Waals surface area contributed by atoms with Crippen LogP contribution in [-0.2, 0) is 0 Å². The van der Waals surface area contributed by atoms with Gasteiger partial charge in [-0.1, -0.05) is 6.07 Å². The van der Waals surface area contributed by atoms with E-state index >= 15 is 0 Å². The second-order valence-electron chi connectivity index (χ2n) is 3.01. The predicted molar refractivity (Wildman–Crippen MR) is 62.2 cm³/mol. The fourth-order valence-electron chi connectivity index (χ4n) is 1.32. The Morgan fingerprint density at radius 1 is 1.50 bits per heavy atom. The zero-order chi connectivity index (χ0) is 9.80. The van der Waals surface area contributed by atoms with Crippen LogP contribution in [0.15, 0.2) is 34.2 Å². The van der Waals surface area contributed by atoms with Crippen LogP contribution in [0.1, 0.15) is 0 Å². The van der Waals surface area contributed by atoms with Crippen molar-refractivity contribution in [2.45, 2.75) is 4.90 Å². The Labute approximate surface area is 88.0 Å². The smallest absolute Gasteiger partial charge is 0.195 e. The molecule has 1 heterocycles. The molecule has 1 aromatic carbocycles. The lowest BCUT2D eigenvalue weighted by Gasteiger charge is -2.07. The van der Waals surface area contributed by atoms with Crippen LogP contribution in [0, 0.1) is 0 Å². The molecule has 0 unspecified atom stereocenters. The summed E-state index contributed by atoms with van der Waals surface area (Å²) in [6.07, 6.45) is 2.07. The van der Waals surface area contributed by atoms with Crippen LogP contribution in [0.25, 0.3) is 0 Å². The average molecular weight is 207 g/mol. The summed E-state index contributed by atoms with van der Waals surface area (Å²) in [6, 6.07) is 8.30. The van der Waals surface area contributed by atoms with Crippen molar-refractivity contribution in [1.82, 2.24) is 5.32 Å². The second-order valence-corrected chi connectivity index (χ2v) is 3.89. The van der Waals surface area contributed by atoms with Gasteiger partial charge in [-0.3, -0.25) is 4.99 Å². The van der Waals surface area contributed by atoms with Crippen molar-refractivity contribution in [2.24, 2.45) is 4.99 Å². The maximum Gasteiger partial charge on any atom is 0.195 e. The van der Waals surface area contributed by atoms with E-state index in [2.05, 4.69) is 34.0 Å². The SMILES string of the molecule is CSc1cccc(NC2=NCCN2)c1. The van der Waals surface area contributed by atoms with Gasteiger partial charge in [0.1, 0.15) is 0 Å². The molecular formula is C10H13N3S. The normalized spacial score (nSPS) is 14.8. The Kier molecular flexibility index (Phi) is 2.93. The first-order chi connectivity index (χ1) is 6.88. The lowest BCUT2D eigenvalue weighted by molar-refractivity contribution is 0.959. The molecule has 14 heavy (non-hydrogen) atoms. The van der Waals surface area contributed by atoms with E-state index in [4.69, 9.17) is 0 Å². The molecule has 1 aliphatic rings. The molecule has 74 valence electrons. The van der Waals surface area contributed by atoms with Crippen molar-refractivity contribution < 1.29 is 0 Å². The summed E-state index contributed by atoms with van der Waals surface area (Å²) in [4.78, 5) is 5.53. The van der Waals surface area contributed by atoms with Gasteiger partial charge in [-0.25, -0.2) is 0 Å². The van der Waals surface area contributed by atoms with Crippen molar-refractivity contribution in [2.75, 3.05) is 24.7 Å². The highest BCUT2D eigenvalue weighted by Gasteiger charge is 2.04. The minimum atomic E-state index is 0.866. The summed E-state index contributed by atoms with van der Waals surface area (Å²) in [5.74, 6) is 0.878. The molecule has 4 heteroatoms. The van der Waals surface area contributed by atoms with Crippen LogP contribution in [0.4, 0.5) is 5.69 Å². The van der Waals surface area contributed by atoms with Gasteiger partial charge in [0.25, 0.3) is 0 Å². The summed E-state index contributed by atoms with van der Waals surface area (Å²) in [6.45, 7) is 1.80. The summed E-state index contributed by atoms with van der Waals surface area (Å²) in [5.41, 5.74) is 1.09. The van der Waals surface area contributed by atoms with E-state index in [1.165, 1.54) is 4.90 Å². The molecule has 0 fully saturated rings. The van der Waals surface area contributed by atoms with E-state index in [-0.39, 0.29) is 0 Å². The quantitative estimate of drug-likeness (QED) is 0.726. The standard InChI is InChI=1S/C10H13N3S/c1-14-9-4-2-3-8(7-9)13-10-11-5-6-12-10/h2-4,7H,5-6H2,1H3,(H2,11,12,13). The number of aliphatic imine (C=N–C) groups is 1. The third-order valence-corrected chi connectivity index (χ3v) is 2.73. The number of nitrogens with one attached hydrogen (secondary N) is 2. The fourth-order valence-corrected chi connectivity index (χ4v) is 1.78. The van der Waals surface area contributed by atoms with E-state index < -0.39 is 0 Å². The molecular weight excluding hydrogens is 194 g/mol. The second kappa shape index (κ2) is 4.37. The van der Waals surface area contributed by atoms with Crippen molar-refractivity contribution in [3.8, 4) is 0 Å². The number of hydrogen-bond acceptors (Lipinski definition) is 4. The average Bonchev–Trinajstić information content (AvgIpc) is 2.71. The maximum atomic E-state index is 4.27. The summed E-state index contributed by atoms with van der Waals surface area (Å²) < 4.78 is 0. The van der Waals surface area contributed by atoms with Gasteiger partial charge in [0.05, 0.1) is 6.54 Å². The molecule has 0 bridgehead atoms. The van der Waals surface area contributed by atoms with Crippen molar-refractivity contribution >= 4 is 23.4 Å². The number of rotatable bonds is 2.